The highest BCUT2D eigenvalue weighted by Crippen LogP contribution is 2.19. The van der Waals surface area contributed by atoms with Gasteiger partial charge in [-0.05, 0) is 36.8 Å². The summed E-state index contributed by atoms with van der Waals surface area (Å²) in [6.45, 7) is 6.11. The van der Waals surface area contributed by atoms with Crippen molar-refractivity contribution < 1.29 is 13.2 Å². The molecule has 0 bridgehead atoms. The number of carbonyl (C=O) groups excluding carboxylic acids is 1. The van der Waals surface area contributed by atoms with E-state index in [0.717, 1.165) is 19.6 Å². The molecule has 1 saturated heterocycles. The number of carbonyl (C=O) groups is 1. The topological polar surface area (TPSA) is 60.9 Å². The van der Waals surface area contributed by atoms with E-state index in [4.69, 9.17) is 0 Å². The summed E-state index contributed by atoms with van der Waals surface area (Å²) in [5.74, 6) is -0.00619. The Morgan fingerprint density at radius 3 is 2.11 bits per heavy atom. The van der Waals surface area contributed by atoms with Crippen LogP contribution in [-0.2, 0) is 16.6 Å². The second kappa shape index (κ2) is 8.75. The number of hydrogen-bond acceptors (Lipinski definition) is 4. The molecular weight excluding hydrogens is 374 g/mol. The zero-order chi connectivity index (χ0) is 20.1. The van der Waals surface area contributed by atoms with Crippen molar-refractivity contribution in [3.05, 3.63) is 65.7 Å². The molecule has 0 aliphatic carbocycles. The molecule has 1 heterocycles. The standard InChI is InChI=1S/C21H27N3O3S/c1-3-24(28(2,26)27)20-11-9-19(10-12-20)21(25)23-15-13-22(14-16-23)17-18-7-5-4-6-8-18/h4-12H,3,13-17H2,1-2H3. The Morgan fingerprint density at radius 2 is 1.57 bits per heavy atom. The van der Waals surface area contributed by atoms with E-state index in [1.165, 1.54) is 16.1 Å². The molecule has 2 aromatic carbocycles. The minimum atomic E-state index is -3.32. The van der Waals surface area contributed by atoms with Crippen molar-refractivity contribution >= 4 is 21.6 Å². The van der Waals surface area contributed by atoms with Crippen molar-refractivity contribution in [2.24, 2.45) is 0 Å². The van der Waals surface area contributed by atoms with Crippen molar-refractivity contribution in [2.75, 3.05) is 43.3 Å². The molecule has 6 nitrogen and oxygen atoms in total. The molecule has 28 heavy (non-hydrogen) atoms. The number of anilines is 1. The Kier molecular flexibility index (Phi) is 6.36. The Labute approximate surface area is 167 Å². The summed E-state index contributed by atoms with van der Waals surface area (Å²) in [7, 11) is -3.32. The van der Waals surface area contributed by atoms with Crippen LogP contribution >= 0.6 is 0 Å². The highest BCUT2D eigenvalue weighted by atomic mass is 32.2. The second-order valence-electron chi connectivity index (χ2n) is 7.03. The number of sulfonamides is 1. The highest BCUT2D eigenvalue weighted by molar-refractivity contribution is 7.92. The SMILES string of the molecule is CCN(c1ccc(C(=O)N2CCN(Cc3ccccc3)CC2)cc1)S(C)(=O)=O. The molecule has 1 amide bonds. The quantitative estimate of drug-likeness (QED) is 0.746. The summed E-state index contributed by atoms with van der Waals surface area (Å²) in [6.07, 6.45) is 1.19. The fourth-order valence-corrected chi connectivity index (χ4v) is 4.49. The van der Waals surface area contributed by atoms with Gasteiger partial charge >= 0.3 is 0 Å². The van der Waals surface area contributed by atoms with E-state index in [1.807, 2.05) is 23.1 Å². The lowest BCUT2D eigenvalue weighted by atomic mass is 10.1. The molecule has 1 aliphatic rings. The number of hydrogen-bond donors (Lipinski definition) is 0. The van der Waals surface area contributed by atoms with Crippen molar-refractivity contribution in [1.29, 1.82) is 0 Å². The van der Waals surface area contributed by atoms with E-state index >= 15 is 0 Å². The van der Waals surface area contributed by atoms with Crippen LogP contribution in [0.4, 0.5) is 5.69 Å². The van der Waals surface area contributed by atoms with Crippen LogP contribution in [0.5, 0.6) is 0 Å². The first-order chi connectivity index (χ1) is 13.4. The lowest BCUT2D eigenvalue weighted by Gasteiger charge is -2.34. The van der Waals surface area contributed by atoms with E-state index in [9.17, 15) is 13.2 Å². The molecule has 0 spiro atoms. The van der Waals surface area contributed by atoms with Crippen LogP contribution in [0.1, 0.15) is 22.8 Å². The zero-order valence-electron chi connectivity index (χ0n) is 16.4. The third kappa shape index (κ3) is 4.91. The molecule has 1 aliphatic heterocycles. The molecule has 0 atom stereocenters. The van der Waals surface area contributed by atoms with Gasteiger partial charge in [-0.3, -0.25) is 14.0 Å². The molecule has 0 unspecified atom stereocenters. The largest absolute Gasteiger partial charge is 0.336 e. The van der Waals surface area contributed by atoms with Gasteiger partial charge in [0.15, 0.2) is 0 Å². The Bertz CT molecular complexity index is 890. The van der Waals surface area contributed by atoms with Crippen molar-refractivity contribution in [2.45, 2.75) is 13.5 Å². The number of benzene rings is 2. The molecule has 150 valence electrons. The van der Waals surface area contributed by atoms with Crippen LogP contribution in [0.2, 0.25) is 0 Å². The number of piperazine rings is 1. The maximum atomic E-state index is 12.8. The van der Waals surface area contributed by atoms with Crippen molar-refractivity contribution in [3.63, 3.8) is 0 Å². The van der Waals surface area contributed by atoms with Gasteiger partial charge in [0.1, 0.15) is 0 Å². The first-order valence-electron chi connectivity index (χ1n) is 9.52. The first kappa shape index (κ1) is 20.4. The Balaban J connectivity index is 1.59. The van der Waals surface area contributed by atoms with Gasteiger partial charge < -0.3 is 4.90 Å². The average molecular weight is 402 g/mol. The summed E-state index contributed by atoms with van der Waals surface area (Å²) in [5, 5.41) is 0. The fraction of sp³-hybridized carbons (Fsp3) is 0.381. The predicted molar refractivity (Wildman–Crippen MR) is 112 cm³/mol. The van der Waals surface area contributed by atoms with Gasteiger partial charge in [0.25, 0.3) is 5.91 Å². The van der Waals surface area contributed by atoms with Gasteiger partial charge in [-0.2, -0.15) is 0 Å². The van der Waals surface area contributed by atoms with Gasteiger partial charge in [0.05, 0.1) is 11.9 Å². The molecule has 0 aromatic heterocycles. The maximum absolute atomic E-state index is 12.8. The number of amides is 1. The number of rotatable bonds is 6. The molecule has 0 N–H and O–H groups in total. The average Bonchev–Trinajstić information content (AvgIpc) is 2.69. The van der Waals surface area contributed by atoms with Crippen LogP contribution in [0.25, 0.3) is 0 Å². The van der Waals surface area contributed by atoms with Crippen LogP contribution in [0.15, 0.2) is 54.6 Å². The zero-order valence-corrected chi connectivity index (χ0v) is 17.2. The van der Waals surface area contributed by atoms with Crippen LogP contribution in [0, 0.1) is 0 Å². The van der Waals surface area contributed by atoms with E-state index in [1.54, 1.807) is 31.2 Å². The van der Waals surface area contributed by atoms with Crippen molar-refractivity contribution in [1.82, 2.24) is 9.80 Å². The normalized spacial score (nSPS) is 15.4. The summed E-state index contributed by atoms with van der Waals surface area (Å²) in [6, 6.07) is 17.2. The predicted octanol–water partition coefficient (Wildman–Crippen LogP) is 2.43. The third-order valence-electron chi connectivity index (χ3n) is 5.00. The van der Waals surface area contributed by atoms with Gasteiger partial charge in [-0.15, -0.1) is 0 Å². The monoisotopic (exact) mass is 401 g/mol. The molecule has 3 rings (SSSR count). The maximum Gasteiger partial charge on any atom is 0.253 e. The Hall–Kier alpha value is -2.38. The molecule has 1 fully saturated rings. The smallest absolute Gasteiger partial charge is 0.253 e. The number of nitrogens with zero attached hydrogens (tertiary/aromatic N) is 3. The molecule has 7 heteroatoms. The molecule has 0 saturated carbocycles. The second-order valence-corrected chi connectivity index (χ2v) is 8.94. The summed E-state index contributed by atoms with van der Waals surface area (Å²) in [4.78, 5) is 17.0. The lowest BCUT2D eigenvalue weighted by molar-refractivity contribution is 0.0628. The van der Waals surface area contributed by atoms with Crippen LogP contribution in [-0.4, -0.2) is 63.1 Å². The van der Waals surface area contributed by atoms with E-state index in [2.05, 4.69) is 17.0 Å². The third-order valence-corrected chi connectivity index (χ3v) is 6.27. The van der Waals surface area contributed by atoms with Gasteiger partial charge in [-0.25, -0.2) is 8.42 Å². The fourth-order valence-electron chi connectivity index (χ4n) is 3.51. The van der Waals surface area contributed by atoms with Gasteiger partial charge in [0, 0.05) is 44.8 Å². The van der Waals surface area contributed by atoms with Crippen LogP contribution < -0.4 is 4.31 Å². The summed E-state index contributed by atoms with van der Waals surface area (Å²) >= 11 is 0. The summed E-state index contributed by atoms with van der Waals surface area (Å²) in [5.41, 5.74) is 2.45. The van der Waals surface area contributed by atoms with E-state index in [-0.39, 0.29) is 5.91 Å². The van der Waals surface area contributed by atoms with E-state index in [0.29, 0.717) is 30.9 Å². The highest BCUT2D eigenvalue weighted by Gasteiger charge is 2.23. The minimum Gasteiger partial charge on any atom is -0.336 e. The van der Waals surface area contributed by atoms with Crippen molar-refractivity contribution in [3.8, 4) is 0 Å². The van der Waals surface area contributed by atoms with Crippen LogP contribution in [0.3, 0.4) is 0 Å². The lowest BCUT2D eigenvalue weighted by Crippen LogP contribution is -2.48. The Morgan fingerprint density at radius 1 is 0.964 bits per heavy atom. The molecule has 2 aromatic rings. The van der Waals surface area contributed by atoms with Gasteiger partial charge in [0.2, 0.25) is 10.0 Å². The minimum absolute atomic E-state index is 0.00619. The summed E-state index contributed by atoms with van der Waals surface area (Å²) < 4.78 is 25.0. The molecular formula is C21H27N3O3S. The first-order valence-corrected chi connectivity index (χ1v) is 11.4. The molecule has 0 radical (unpaired) electrons. The van der Waals surface area contributed by atoms with Gasteiger partial charge in [-0.1, -0.05) is 30.3 Å². The van der Waals surface area contributed by atoms with E-state index < -0.39 is 10.0 Å².